The molecule has 0 bridgehead atoms. The highest BCUT2D eigenvalue weighted by molar-refractivity contribution is 5.80. The van der Waals surface area contributed by atoms with E-state index in [1.54, 1.807) is 6.08 Å². The van der Waals surface area contributed by atoms with E-state index in [1.807, 2.05) is 6.08 Å². The van der Waals surface area contributed by atoms with Crippen LogP contribution in [-0.4, -0.2) is 46.1 Å². The number of amides is 1. The molecule has 0 saturated heterocycles. The summed E-state index contributed by atoms with van der Waals surface area (Å²) in [5.41, 5.74) is 0. The Morgan fingerprint density at radius 2 is 0.672 bits per heavy atom. The molecule has 0 rings (SSSR count). The number of carbonyl (C=O) groups excluding carboxylic acids is 1. The lowest BCUT2D eigenvalue weighted by Gasteiger charge is -2.21. The zero-order valence-electron chi connectivity index (χ0n) is 41.3. The fourth-order valence-corrected chi connectivity index (χ4v) is 8.73. The maximum atomic E-state index is 12.5. The van der Waals surface area contributed by atoms with Crippen LogP contribution in [0.5, 0.6) is 0 Å². The second-order valence-electron chi connectivity index (χ2n) is 19.1. The van der Waals surface area contributed by atoms with Crippen LogP contribution in [0.1, 0.15) is 303 Å². The van der Waals surface area contributed by atoms with Gasteiger partial charge in [0.2, 0.25) is 5.91 Å². The van der Waals surface area contributed by atoms with Gasteiger partial charge in [0.1, 0.15) is 6.10 Å². The summed E-state index contributed by atoms with van der Waals surface area (Å²) in [5, 5.41) is 33.1. The standard InChI is InChI=1S/C56H109NO4/c1-3-5-7-9-11-13-15-16-17-18-19-20-21-22-23-24-25-26-27-28-29-30-31-32-33-34-35-36-37-38-39-41-43-45-47-49-51-55(60)56(61)57-53(52-58)54(59)50-48-46-44-42-40-14-12-10-8-6-4-2/h40,42,48,50,53-55,58-60H,3-39,41,43-47,49,51-52H2,1-2H3,(H,57,61)/b42-40+,50-48+. The smallest absolute Gasteiger partial charge is 0.249 e. The van der Waals surface area contributed by atoms with Gasteiger partial charge in [0.05, 0.1) is 18.8 Å². The molecule has 0 aliphatic carbocycles. The molecule has 0 aliphatic rings. The quantitative estimate of drug-likeness (QED) is 0.0362. The van der Waals surface area contributed by atoms with E-state index in [9.17, 15) is 20.1 Å². The van der Waals surface area contributed by atoms with Crippen molar-refractivity contribution in [2.45, 2.75) is 321 Å². The number of hydrogen-bond acceptors (Lipinski definition) is 4. The first kappa shape index (κ1) is 59.8. The molecule has 4 N–H and O–H groups in total. The molecule has 0 spiro atoms. The van der Waals surface area contributed by atoms with Crippen molar-refractivity contribution in [1.82, 2.24) is 5.32 Å². The maximum Gasteiger partial charge on any atom is 0.249 e. The van der Waals surface area contributed by atoms with Crippen molar-refractivity contribution in [1.29, 1.82) is 0 Å². The fraction of sp³-hybridized carbons (Fsp3) is 0.911. The molecule has 0 radical (unpaired) electrons. The second kappa shape index (κ2) is 51.5. The van der Waals surface area contributed by atoms with Gasteiger partial charge in [0.25, 0.3) is 0 Å². The summed E-state index contributed by atoms with van der Waals surface area (Å²) in [4.78, 5) is 12.5. The molecular formula is C56H109NO4. The van der Waals surface area contributed by atoms with E-state index in [-0.39, 0.29) is 6.61 Å². The highest BCUT2D eigenvalue weighted by atomic mass is 16.3. The molecule has 362 valence electrons. The molecule has 5 heteroatoms. The largest absolute Gasteiger partial charge is 0.394 e. The molecule has 0 heterocycles. The lowest BCUT2D eigenvalue weighted by Crippen LogP contribution is -2.48. The average molecular weight is 860 g/mol. The van der Waals surface area contributed by atoms with Gasteiger partial charge in [-0.05, 0) is 32.1 Å². The maximum absolute atomic E-state index is 12.5. The first-order valence-electron chi connectivity index (χ1n) is 27.7. The second-order valence-corrected chi connectivity index (χ2v) is 19.1. The zero-order chi connectivity index (χ0) is 44.4. The molecule has 1 amide bonds. The van der Waals surface area contributed by atoms with Crippen molar-refractivity contribution in [3.63, 3.8) is 0 Å². The van der Waals surface area contributed by atoms with E-state index in [0.29, 0.717) is 6.42 Å². The van der Waals surface area contributed by atoms with Crippen LogP contribution >= 0.6 is 0 Å². The molecule has 0 saturated carbocycles. The Morgan fingerprint density at radius 1 is 0.393 bits per heavy atom. The Bertz CT molecular complexity index is 905. The number of unbranched alkanes of at least 4 members (excludes halogenated alkanes) is 41. The van der Waals surface area contributed by atoms with Crippen LogP contribution in [0.4, 0.5) is 0 Å². The van der Waals surface area contributed by atoms with Crippen LogP contribution in [0.2, 0.25) is 0 Å². The number of allylic oxidation sites excluding steroid dienone is 3. The van der Waals surface area contributed by atoms with Crippen LogP contribution in [0.15, 0.2) is 24.3 Å². The predicted octanol–water partition coefficient (Wildman–Crippen LogP) is 16.9. The first-order chi connectivity index (χ1) is 30.1. The summed E-state index contributed by atoms with van der Waals surface area (Å²) >= 11 is 0. The SMILES string of the molecule is CCCCCCC/C=C/CC/C=C/C(O)C(CO)NC(=O)C(O)CCCCCCCCCCCCCCCCCCCCCCCCCCCCCCCCCCCCCC. The summed E-state index contributed by atoms with van der Waals surface area (Å²) in [6, 6.07) is -0.810. The third kappa shape index (κ3) is 46.6. The summed E-state index contributed by atoms with van der Waals surface area (Å²) in [7, 11) is 0. The number of aliphatic hydroxyl groups excluding tert-OH is 3. The van der Waals surface area contributed by atoms with Gasteiger partial charge in [-0.15, -0.1) is 0 Å². The molecule has 0 aromatic carbocycles. The van der Waals surface area contributed by atoms with E-state index in [4.69, 9.17) is 0 Å². The van der Waals surface area contributed by atoms with E-state index in [2.05, 4.69) is 31.3 Å². The minimum atomic E-state index is -1.10. The lowest BCUT2D eigenvalue weighted by molar-refractivity contribution is -0.131. The van der Waals surface area contributed by atoms with Crippen molar-refractivity contribution in [2.75, 3.05) is 6.61 Å². The highest BCUT2D eigenvalue weighted by Crippen LogP contribution is 2.18. The molecule has 0 aromatic rings. The van der Waals surface area contributed by atoms with Gasteiger partial charge in [-0.1, -0.05) is 295 Å². The first-order valence-corrected chi connectivity index (χ1v) is 27.7. The molecule has 0 aromatic heterocycles. The molecule has 0 fully saturated rings. The Kier molecular flexibility index (Phi) is 50.5. The van der Waals surface area contributed by atoms with Crippen molar-refractivity contribution < 1.29 is 20.1 Å². The van der Waals surface area contributed by atoms with E-state index >= 15 is 0 Å². The van der Waals surface area contributed by atoms with Crippen LogP contribution < -0.4 is 5.32 Å². The number of carbonyl (C=O) groups is 1. The van der Waals surface area contributed by atoms with Gasteiger partial charge in [0, 0.05) is 0 Å². The normalized spacial score (nSPS) is 13.5. The Hall–Kier alpha value is -1.17. The van der Waals surface area contributed by atoms with E-state index in [0.717, 1.165) is 38.5 Å². The number of nitrogens with one attached hydrogen (secondary N) is 1. The molecular weight excluding hydrogens is 751 g/mol. The molecule has 0 aliphatic heterocycles. The minimum Gasteiger partial charge on any atom is -0.394 e. The summed E-state index contributed by atoms with van der Waals surface area (Å²) in [6.07, 6.45) is 65.7. The molecule has 5 nitrogen and oxygen atoms in total. The van der Waals surface area contributed by atoms with Crippen LogP contribution in [0.25, 0.3) is 0 Å². The van der Waals surface area contributed by atoms with E-state index in [1.165, 1.54) is 244 Å². The van der Waals surface area contributed by atoms with Gasteiger partial charge < -0.3 is 20.6 Å². The average Bonchev–Trinajstić information content (AvgIpc) is 3.26. The summed E-state index contributed by atoms with van der Waals surface area (Å²) in [6.45, 7) is 4.16. The number of hydrogen-bond donors (Lipinski definition) is 4. The summed E-state index contributed by atoms with van der Waals surface area (Å²) in [5.74, 6) is -0.510. The lowest BCUT2D eigenvalue weighted by atomic mass is 10.0. The highest BCUT2D eigenvalue weighted by Gasteiger charge is 2.22. The Labute approximate surface area is 382 Å². The van der Waals surface area contributed by atoms with Gasteiger partial charge in [-0.25, -0.2) is 0 Å². The van der Waals surface area contributed by atoms with Crippen LogP contribution in [-0.2, 0) is 4.79 Å². The topological polar surface area (TPSA) is 89.8 Å². The predicted molar refractivity (Wildman–Crippen MR) is 268 cm³/mol. The van der Waals surface area contributed by atoms with Gasteiger partial charge in [-0.2, -0.15) is 0 Å². The Morgan fingerprint density at radius 3 is 1.00 bits per heavy atom. The van der Waals surface area contributed by atoms with Gasteiger partial charge >= 0.3 is 0 Å². The van der Waals surface area contributed by atoms with Gasteiger partial charge in [0.15, 0.2) is 0 Å². The van der Waals surface area contributed by atoms with Crippen LogP contribution in [0, 0.1) is 0 Å². The number of aliphatic hydroxyl groups is 3. The summed E-state index contributed by atoms with van der Waals surface area (Å²) < 4.78 is 0. The molecule has 3 atom stereocenters. The Balaban J connectivity index is 3.42. The minimum absolute atomic E-state index is 0.373. The third-order valence-electron chi connectivity index (χ3n) is 13.0. The number of rotatable bonds is 51. The van der Waals surface area contributed by atoms with Crippen molar-refractivity contribution >= 4 is 5.91 Å². The monoisotopic (exact) mass is 860 g/mol. The van der Waals surface area contributed by atoms with Crippen molar-refractivity contribution in [3.05, 3.63) is 24.3 Å². The van der Waals surface area contributed by atoms with Gasteiger partial charge in [-0.3, -0.25) is 4.79 Å². The van der Waals surface area contributed by atoms with Crippen molar-refractivity contribution in [3.8, 4) is 0 Å². The van der Waals surface area contributed by atoms with Crippen molar-refractivity contribution in [2.24, 2.45) is 0 Å². The molecule has 61 heavy (non-hydrogen) atoms. The zero-order valence-corrected chi connectivity index (χ0v) is 41.3. The van der Waals surface area contributed by atoms with Crippen LogP contribution in [0.3, 0.4) is 0 Å². The molecule has 3 unspecified atom stereocenters. The van der Waals surface area contributed by atoms with E-state index < -0.39 is 24.2 Å². The third-order valence-corrected chi connectivity index (χ3v) is 13.0. The fourth-order valence-electron chi connectivity index (χ4n) is 8.73.